The van der Waals surface area contributed by atoms with E-state index in [-0.39, 0.29) is 18.9 Å². The van der Waals surface area contributed by atoms with E-state index in [0.717, 1.165) is 47.7 Å². The third-order valence-electron chi connectivity index (χ3n) is 8.76. The number of carboxylic acids is 1. The van der Waals surface area contributed by atoms with Crippen molar-refractivity contribution in [2.45, 2.75) is 128 Å². The maximum Gasteiger partial charge on any atom is 0.414 e. The zero-order chi connectivity index (χ0) is 33.2. The van der Waals surface area contributed by atoms with E-state index in [0.29, 0.717) is 19.3 Å². The lowest BCUT2D eigenvalue weighted by Crippen LogP contribution is -2.29. The number of halogens is 3. The van der Waals surface area contributed by atoms with Crippen molar-refractivity contribution < 1.29 is 27.8 Å². The molecule has 0 aliphatic carbocycles. The normalized spacial score (nSPS) is 13.1. The molecule has 1 N–H and O–H groups in total. The standard InChI is InChI=1S/C39H52F3NO3/c1-3-4-5-6-7-8-9-10-11-13-17-31-22-25-37(43-29-31)36-28-34(23-24-35(36)33-18-14-12-15-19-33)32(20-16-21-38(44)45)26-27-46-30(2)39(40,41)42/h12,14-15,18-19,22-25,28-30,32H,3-11,13,16-17,20-21,26-27H2,1-2H3,(H,44,45). The fraction of sp³-hybridized carbons (Fsp3) is 0.538. The first-order chi connectivity index (χ1) is 22.2. The number of aryl methyl sites for hydroxylation is 1. The van der Waals surface area contributed by atoms with Crippen molar-refractivity contribution in [1.29, 1.82) is 0 Å². The maximum atomic E-state index is 13.0. The Morgan fingerprint density at radius 3 is 2.11 bits per heavy atom. The molecule has 46 heavy (non-hydrogen) atoms. The average Bonchev–Trinajstić information content (AvgIpc) is 3.04. The number of hydrogen-bond donors (Lipinski definition) is 1. The highest BCUT2D eigenvalue weighted by Crippen LogP contribution is 2.36. The van der Waals surface area contributed by atoms with Gasteiger partial charge in [0.2, 0.25) is 0 Å². The monoisotopic (exact) mass is 639 g/mol. The molecule has 3 rings (SSSR count). The lowest BCUT2D eigenvalue weighted by Gasteiger charge is -2.22. The Balaban J connectivity index is 1.72. The molecule has 252 valence electrons. The Hall–Kier alpha value is -3.19. The number of unbranched alkanes of at least 4 members (excludes halogenated alkanes) is 9. The molecule has 2 aromatic carbocycles. The van der Waals surface area contributed by atoms with Crippen LogP contribution in [0.15, 0.2) is 66.9 Å². The van der Waals surface area contributed by atoms with Gasteiger partial charge in [0.15, 0.2) is 6.10 Å². The van der Waals surface area contributed by atoms with Crippen molar-refractivity contribution in [1.82, 2.24) is 4.98 Å². The van der Waals surface area contributed by atoms with Crippen LogP contribution < -0.4 is 0 Å². The van der Waals surface area contributed by atoms with Crippen molar-refractivity contribution in [3.05, 3.63) is 78.0 Å². The van der Waals surface area contributed by atoms with Crippen LogP contribution in [0.1, 0.15) is 121 Å². The third-order valence-corrected chi connectivity index (χ3v) is 8.76. The lowest BCUT2D eigenvalue weighted by atomic mass is 9.86. The summed E-state index contributed by atoms with van der Waals surface area (Å²) in [6, 6.07) is 20.4. The molecule has 7 heteroatoms. The van der Waals surface area contributed by atoms with Crippen molar-refractivity contribution in [3.63, 3.8) is 0 Å². The summed E-state index contributed by atoms with van der Waals surface area (Å²) in [6.45, 7) is 3.19. The molecule has 0 saturated heterocycles. The molecular formula is C39H52F3NO3. The molecule has 3 aromatic rings. The quantitative estimate of drug-likeness (QED) is 0.111. The SMILES string of the molecule is CCCCCCCCCCCCc1ccc(-c2cc(C(CCCC(=O)O)CCOC(C)C(F)(F)F)ccc2-c2ccccc2)nc1. The highest BCUT2D eigenvalue weighted by Gasteiger charge is 2.36. The van der Waals surface area contributed by atoms with Crippen LogP contribution in [-0.4, -0.2) is 34.9 Å². The molecule has 0 radical (unpaired) electrons. The Bertz CT molecular complexity index is 1280. The van der Waals surface area contributed by atoms with Crippen LogP contribution in [0.25, 0.3) is 22.4 Å². The van der Waals surface area contributed by atoms with Gasteiger partial charge in [-0.1, -0.05) is 113 Å². The van der Waals surface area contributed by atoms with Gasteiger partial charge in [-0.3, -0.25) is 9.78 Å². The molecule has 2 unspecified atom stereocenters. The van der Waals surface area contributed by atoms with E-state index in [1.165, 1.54) is 63.4 Å². The molecular weight excluding hydrogens is 587 g/mol. The second kappa shape index (κ2) is 20.1. The van der Waals surface area contributed by atoms with Crippen LogP contribution in [0.4, 0.5) is 13.2 Å². The smallest absolute Gasteiger partial charge is 0.414 e. The Kier molecular flexibility index (Phi) is 16.3. The van der Waals surface area contributed by atoms with E-state index in [4.69, 9.17) is 9.72 Å². The minimum Gasteiger partial charge on any atom is -0.481 e. The van der Waals surface area contributed by atoms with E-state index < -0.39 is 18.2 Å². The van der Waals surface area contributed by atoms with E-state index in [2.05, 4.69) is 37.3 Å². The first-order valence-corrected chi connectivity index (χ1v) is 17.2. The van der Waals surface area contributed by atoms with E-state index in [1.54, 1.807) is 0 Å². The number of hydrogen-bond acceptors (Lipinski definition) is 3. The first kappa shape index (κ1) is 37.3. The predicted octanol–water partition coefficient (Wildman–Crippen LogP) is 11.6. The van der Waals surface area contributed by atoms with Crippen LogP contribution >= 0.6 is 0 Å². The molecule has 0 saturated carbocycles. The summed E-state index contributed by atoms with van der Waals surface area (Å²) in [5.41, 5.74) is 6.00. The van der Waals surface area contributed by atoms with Gasteiger partial charge < -0.3 is 9.84 Å². The molecule has 2 atom stereocenters. The van der Waals surface area contributed by atoms with Crippen LogP contribution in [0.5, 0.6) is 0 Å². The highest BCUT2D eigenvalue weighted by atomic mass is 19.4. The summed E-state index contributed by atoms with van der Waals surface area (Å²) in [5.74, 6) is -1.04. The number of aromatic nitrogens is 1. The van der Waals surface area contributed by atoms with Gasteiger partial charge in [0, 0.05) is 24.8 Å². The van der Waals surface area contributed by atoms with Crippen LogP contribution in [0.2, 0.25) is 0 Å². The Morgan fingerprint density at radius 1 is 0.826 bits per heavy atom. The topological polar surface area (TPSA) is 59.4 Å². The van der Waals surface area contributed by atoms with Crippen molar-refractivity contribution >= 4 is 5.97 Å². The molecule has 4 nitrogen and oxygen atoms in total. The number of pyridine rings is 1. The minimum absolute atomic E-state index is 0.00727. The number of rotatable bonds is 22. The van der Waals surface area contributed by atoms with Gasteiger partial charge in [0.1, 0.15) is 0 Å². The van der Waals surface area contributed by atoms with E-state index >= 15 is 0 Å². The third kappa shape index (κ3) is 13.3. The molecule has 0 bridgehead atoms. The minimum atomic E-state index is -4.42. The van der Waals surface area contributed by atoms with Crippen LogP contribution in [-0.2, 0) is 16.0 Å². The predicted molar refractivity (Wildman–Crippen MR) is 181 cm³/mol. The number of aliphatic carboxylic acids is 1. The summed E-state index contributed by atoms with van der Waals surface area (Å²) < 4.78 is 44.3. The van der Waals surface area contributed by atoms with E-state index in [1.807, 2.05) is 36.5 Å². The van der Waals surface area contributed by atoms with Gasteiger partial charge in [-0.2, -0.15) is 13.2 Å². The number of alkyl halides is 3. The largest absolute Gasteiger partial charge is 0.481 e. The Labute approximate surface area is 273 Å². The fourth-order valence-corrected chi connectivity index (χ4v) is 5.90. The molecule has 0 aliphatic rings. The number of benzene rings is 2. The summed E-state index contributed by atoms with van der Waals surface area (Å²) in [6.07, 6.45) is 11.0. The van der Waals surface area contributed by atoms with Gasteiger partial charge >= 0.3 is 12.1 Å². The Morgan fingerprint density at radius 2 is 1.50 bits per heavy atom. The van der Waals surface area contributed by atoms with E-state index in [9.17, 15) is 23.1 Å². The van der Waals surface area contributed by atoms with Gasteiger partial charge in [-0.25, -0.2) is 0 Å². The molecule has 0 spiro atoms. The van der Waals surface area contributed by atoms with Gasteiger partial charge in [0.05, 0.1) is 5.69 Å². The summed E-state index contributed by atoms with van der Waals surface area (Å²) >= 11 is 0. The van der Waals surface area contributed by atoms with Crippen molar-refractivity contribution in [3.8, 4) is 22.4 Å². The van der Waals surface area contributed by atoms with Crippen molar-refractivity contribution in [2.75, 3.05) is 6.61 Å². The maximum absolute atomic E-state index is 13.0. The molecule has 0 amide bonds. The van der Waals surface area contributed by atoms with Gasteiger partial charge in [0.25, 0.3) is 0 Å². The molecule has 0 fully saturated rings. The zero-order valence-electron chi connectivity index (χ0n) is 27.7. The van der Waals surface area contributed by atoms with Gasteiger partial charge in [-0.05, 0) is 79.3 Å². The molecule has 1 aromatic heterocycles. The van der Waals surface area contributed by atoms with Crippen molar-refractivity contribution in [2.24, 2.45) is 0 Å². The number of ether oxygens (including phenoxy) is 1. The van der Waals surface area contributed by atoms with Crippen LogP contribution in [0.3, 0.4) is 0 Å². The second-order valence-electron chi connectivity index (χ2n) is 12.5. The summed E-state index contributed by atoms with van der Waals surface area (Å²) in [5, 5.41) is 9.19. The fourth-order valence-electron chi connectivity index (χ4n) is 5.90. The number of carbonyl (C=O) groups is 1. The molecule has 1 heterocycles. The molecule has 0 aliphatic heterocycles. The summed E-state index contributed by atoms with van der Waals surface area (Å²) in [7, 11) is 0. The lowest BCUT2D eigenvalue weighted by molar-refractivity contribution is -0.214. The van der Waals surface area contributed by atoms with Crippen LogP contribution in [0, 0.1) is 0 Å². The average molecular weight is 640 g/mol. The second-order valence-corrected chi connectivity index (χ2v) is 12.5. The first-order valence-electron chi connectivity index (χ1n) is 17.2. The number of nitrogens with zero attached hydrogens (tertiary/aromatic N) is 1. The number of carboxylic acid groups (broad SMARTS) is 1. The zero-order valence-corrected chi connectivity index (χ0v) is 27.7. The van der Waals surface area contributed by atoms with Gasteiger partial charge in [-0.15, -0.1) is 0 Å². The highest BCUT2D eigenvalue weighted by molar-refractivity contribution is 5.82. The summed E-state index contributed by atoms with van der Waals surface area (Å²) in [4.78, 5) is 16.1.